The van der Waals surface area contributed by atoms with Crippen LogP contribution in [-0.4, -0.2) is 45.8 Å². The molecular weight excluding hydrogens is 226 g/mol. The number of hydrogen-bond donors (Lipinski definition) is 1. The largest absolute Gasteiger partial charge is 0.315 e. The first-order valence-corrected chi connectivity index (χ1v) is 6.80. The van der Waals surface area contributed by atoms with Gasteiger partial charge in [-0.15, -0.1) is 0 Å². The molecule has 0 bridgehead atoms. The molecule has 5 nitrogen and oxygen atoms in total. The van der Waals surface area contributed by atoms with Gasteiger partial charge in [-0.05, 0) is 19.5 Å². The molecule has 1 fully saturated rings. The third-order valence-corrected chi connectivity index (χ3v) is 3.32. The maximum absolute atomic E-state index is 4.70. The Morgan fingerprint density at radius 2 is 2.00 bits per heavy atom. The van der Waals surface area contributed by atoms with Gasteiger partial charge in [0.05, 0.1) is 6.54 Å². The van der Waals surface area contributed by atoms with E-state index in [-0.39, 0.29) is 5.41 Å². The van der Waals surface area contributed by atoms with Gasteiger partial charge in [-0.3, -0.25) is 9.58 Å². The zero-order valence-corrected chi connectivity index (χ0v) is 12.0. The molecule has 0 radical (unpaired) electrons. The summed E-state index contributed by atoms with van der Waals surface area (Å²) in [6.45, 7) is 11.8. The predicted octanol–water partition coefficient (Wildman–Crippen LogP) is 0.908. The Morgan fingerprint density at radius 1 is 1.22 bits per heavy atom. The fourth-order valence-electron chi connectivity index (χ4n) is 2.13. The number of rotatable bonds is 2. The van der Waals surface area contributed by atoms with Crippen molar-refractivity contribution in [1.82, 2.24) is 25.0 Å². The van der Waals surface area contributed by atoms with Crippen LogP contribution in [0.25, 0.3) is 0 Å². The van der Waals surface area contributed by atoms with E-state index in [1.54, 1.807) is 0 Å². The van der Waals surface area contributed by atoms with Crippen LogP contribution in [0.2, 0.25) is 0 Å². The molecule has 2 rings (SSSR count). The molecule has 0 saturated carbocycles. The van der Waals surface area contributed by atoms with Crippen LogP contribution < -0.4 is 5.32 Å². The first kappa shape index (κ1) is 13.5. The lowest BCUT2D eigenvalue weighted by molar-refractivity contribution is 0.273. The van der Waals surface area contributed by atoms with Gasteiger partial charge in [0.25, 0.3) is 0 Å². The minimum atomic E-state index is 0.0242. The van der Waals surface area contributed by atoms with Crippen molar-refractivity contribution in [3.63, 3.8) is 0 Å². The van der Waals surface area contributed by atoms with Gasteiger partial charge in [0.1, 0.15) is 5.82 Å². The second-order valence-corrected chi connectivity index (χ2v) is 6.10. The molecule has 1 saturated heterocycles. The molecule has 0 aliphatic carbocycles. The number of aryl methyl sites for hydroxylation is 1. The fraction of sp³-hybridized carbons (Fsp3) is 0.846. The summed E-state index contributed by atoms with van der Waals surface area (Å²) in [5.74, 6) is 2.01. The molecule has 0 unspecified atom stereocenters. The molecule has 1 aromatic rings. The maximum Gasteiger partial charge on any atom is 0.156 e. The standard InChI is InChI=1S/C13H25N5/c1-13(2,3)12-15-11(17(4)16-12)10-18-8-5-6-14-7-9-18/h14H,5-10H2,1-4H3. The summed E-state index contributed by atoms with van der Waals surface area (Å²) < 4.78 is 1.93. The molecule has 1 aliphatic heterocycles. The van der Waals surface area contributed by atoms with Crippen LogP contribution in [-0.2, 0) is 19.0 Å². The van der Waals surface area contributed by atoms with Crippen molar-refractivity contribution in [2.24, 2.45) is 7.05 Å². The average Bonchev–Trinajstić information content (AvgIpc) is 2.51. The second-order valence-electron chi connectivity index (χ2n) is 6.10. The third kappa shape index (κ3) is 3.29. The SMILES string of the molecule is Cn1nc(C(C)(C)C)nc1CN1CCCNCC1. The number of nitrogens with zero attached hydrogens (tertiary/aromatic N) is 4. The quantitative estimate of drug-likeness (QED) is 0.848. The lowest BCUT2D eigenvalue weighted by atomic mass is 9.96. The fourth-order valence-corrected chi connectivity index (χ4v) is 2.13. The van der Waals surface area contributed by atoms with Crippen molar-refractivity contribution in [1.29, 1.82) is 0 Å². The van der Waals surface area contributed by atoms with Crippen molar-refractivity contribution in [2.45, 2.75) is 39.2 Å². The molecule has 1 aromatic heterocycles. The lowest BCUT2D eigenvalue weighted by Gasteiger charge is -2.18. The van der Waals surface area contributed by atoms with E-state index in [4.69, 9.17) is 4.98 Å². The number of hydrogen-bond acceptors (Lipinski definition) is 4. The molecule has 0 amide bonds. The van der Waals surface area contributed by atoms with Crippen molar-refractivity contribution in [2.75, 3.05) is 26.2 Å². The maximum atomic E-state index is 4.70. The van der Waals surface area contributed by atoms with Crippen LogP contribution in [0.5, 0.6) is 0 Å². The van der Waals surface area contributed by atoms with Crippen molar-refractivity contribution in [3.8, 4) is 0 Å². The van der Waals surface area contributed by atoms with E-state index < -0.39 is 0 Å². The van der Waals surface area contributed by atoms with E-state index >= 15 is 0 Å². The molecule has 0 aromatic carbocycles. The van der Waals surface area contributed by atoms with E-state index in [0.717, 1.165) is 44.4 Å². The number of aromatic nitrogens is 3. The first-order valence-electron chi connectivity index (χ1n) is 6.80. The van der Waals surface area contributed by atoms with Gasteiger partial charge < -0.3 is 5.32 Å². The van der Waals surface area contributed by atoms with Crippen molar-refractivity contribution >= 4 is 0 Å². The average molecular weight is 251 g/mol. The molecule has 0 spiro atoms. The smallest absolute Gasteiger partial charge is 0.156 e. The monoisotopic (exact) mass is 251 g/mol. The molecule has 5 heteroatoms. The Kier molecular flexibility index (Phi) is 4.02. The van der Waals surface area contributed by atoms with Gasteiger partial charge in [0.15, 0.2) is 5.82 Å². The Hall–Kier alpha value is -0.940. The number of nitrogens with one attached hydrogen (secondary N) is 1. The Morgan fingerprint density at radius 3 is 2.67 bits per heavy atom. The summed E-state index contributed by atoms with van der Waals surface area (Å²) in [6.07, 6.45) is 1.21. The van der Waals surface area contributed by atoms with Crippen LogP contribution in [0.3, 0.4) is 0 Å². The van der Waals surface area contributed by atoms with E-state index in [1.807, 2.05) is 11.7 Å². The lowest BCUT2D eigenvalue weighted by Crippen LogP contribution is -2.28. The van der Waals surface area contributed by atoms with Crippen molar-refractivity contribution in [3.05, 3.63) is 11.6 Å². The zero-order valence-electron chi connectivity index (χ0n) is 12.0. The molecule has 2 heterocycles. The summed E-state index contributed by atoms with van der Waals surface area (Å²) in [7, 11) is 1.99. The predicted molar refractivity (Wildman–Crippen MR) is 72.5 cm³/mol. The van der Waals surface area contributed by atoms with Crippen molar-refractivity contribution < 1.29 is 0 Å². The van der Waals surface area contributed by atoms with Gasteiger partial charge in [-0.2, -0.15) is 5.10 Å². The molecule has 18 heavy (non-hydrogen) atoms. The summed E-state index contributed by atoms with van der Waals surface area (Å²) in [4.78, 5) is 7.15. The highest BCUT2D eigenvalue weighted by molar-refractivity contribution is 5.03. The minimum Gasteiger partial charge on any atom is -0.315 e. The molecule has 102 valence electrons. The highest BCUT2D eigenvalue weighted by atomic mass is 15.4. The topological polar surface area (TPSA) is 46.0 Å². The Bertz CT molecular complexity index is 383. The van der Waals surface area contributed by atoms with Gasteiger partial charge in [-0.25, -0.2) is 4.98 Å². The Balaban J connectivity index is 2.06. The summed E-state index contributed by atoms with van der Waals surface area (Å²) in [5, 5.41) is 7.96. The summed E-state index contributed by atoms with van der Waals surface area (Å²) in [6, 6.07) is 0. The highest BCUT2D eigenvalue weighted by Crippen LogP contribution is 2.18. The van der Waals surface area contributed by atoms with Crippen LogP contribution in [0.1, 0.15) is 38.8 Å². The van der Waals surface area contributed by atoms with Gasteiger partial charge in [0, 0.05) is 25.6 Å². The summed E-state index contributed by atoms with van der Waals surface area (Å²) >= 11 is 0. The van der Waals surface area contributed by atoms with Gasteiger partial charge >= 0.3 is 0 Å². The molecular formula is C13H25N5. The first-order chi connectivity index (χ1) is 8.47. The second kappa shape index (κ2) is 5.36. The Labute approximate surface area is 110 Å². The minimum absolute atomic E-state index is 0.0242. The van der Waals surface area contributed by atoms with E-state index in [1.165, 1.54) is 6.42 Å². The zero-order chi connectivity index (χ0) is 13.2. The van der Waals surface area contributed by atoms with Crippen LogP contribution >= 0.6 is 0 Å². The molecule has 0 atom stereocenters. The highest BCUT2D eigenvalue weighted by Gasteiger charge is 2.21. The van der Waals surface area contributed by atoms with Gasteiger partial charge in [-0.1, -0.05) is 20.8 Å². The van der Waals surface area contributed by atoms with E-state index in [2.05, 4.69) is 36.1 Å². The van der Waals surface area contributed by atoms with Crippen LogP contribution in [0.15, 0.2) is 0 Å². The van der Waals surface area contributed by atoms with E-state index in [0.29, 0.717) is 0 Å². The normalized spacial score (nSPS) is 18.9. The molecule has 1 aliphatic rings. The summed E-state index contributed by atoms with van der Waals surface area (Å²) in [5.41, 5.74) is 0.0242. The van der Waals surface area contributed by atoms with Gasteiger partial charge in [0.2, 0.25) is 0 Å². The van der Waals surface area contributed by atoms with Crippen LogP contribution in [0, 0.1) is 0 Å². The van der Waals surface area contributed by atoms with E-state index in [9.17, 15) is 0 Å². The molecule has 1 N–H and O–H groups in total. The van der Waals surface area contributed by atoms with Crippen LogP contribution in [0.4, 0.5) is 0 Å². The third-order valence-electron chi connectivity index (χ3n) is 3.32.